The first-order valence-corrected chi connectivity index (χ1v) is 9.81. The van der Waals surface area contributed by atoms with Crippen LogP contribution in [-0.4, -0.2) is 44.5 Å². The number of benzene rings is 2. The van der Waals surface area contributed by atoms with E-state index in [0.29, 0.717) is 0 Å². The van der Waals surface area contributed by atoms with Gasteiger partial charge in [0.25, 0.3) is 0 Å². The van der Waals surface area contributed by atoms with Crippen molar-refractivity contribution in [1.29, 1.82) is 0 Å². The fraction of sp³-hybridized carbons (Fsp3) is 0.391. The number of carbonyl (C=O) groups excluding carboxylic acids is 2. The number of nitrogens with one attached hydrogen (secondary N) is 1. The molecule has 7 nitrogen and oxygen atoms in total. The van der Waals surface area contributed by atoms with Gasteiger partial charge in [0.2, 0.25) is 12.2 Å². The third-order valence-electron chi connectivity index (χ3n) is 4.44. The fourth-order valence-electron chi connectivity index (χ4n) is 2.90. The van der Waals surface area contributed by atoms with Crippen LogP contribution in [0.2, 0.25) is 0 Å². The Morgan fingerprint density at radius 3 is 1.90 bits per heavy atom. The van der Waals surface area contributed by atoms with Crippen LogP contribution in [0.1, 0.15) is 24.5 Å². The molecule has 0 unspecified atom stereocenters. The number of ether oxygens (including phenoxy) is 2. The molecule has 1 amide bonds. The van der Waals surface area contributed by atoms with E-state index in [1.165, 1.54) is 12.5 Å². The zero-order valence-electron chi connectivity index (χ0n) is 17.9. The van der Waals surface area contributed by atoms with Crippen molar-refractivity contribution in [2.24, 2.45) is 0 Å². The molecule has 30 heavy (non-hydrogen) atoms. The Morgan fingerprint density at radius 2 is 1.47 bits per heavy atom. The Balaban J connectivity index is 0.000000300. The van der Waals surface area contributed by atoms with Crippen molar-refractivity contribution >= 4 is 11.9 Å². The van der Waals surface area contributed by atoms with Crippen LogP contribution >= 0.6 is 0 Å². The number of aliphatic carboxylic acids is 1. The predicted molar refractivity (Wildman–Crippen MR) is 112 cm³/mol. The molecule has 2 rings (SSSR count). The first-order valence-electron chi connectivity index (χ1n) is 9.81. The summed E-state index contributed by atoms with van der Waals surface area (Å²) >= 11 is 0. The molecule has 0 aliphatic heterocycles. The molecular weight excluding hydrogens is 384 g/mol. The molecule has 0 aromatic heterocycles. The minimum Gasteiger partial charge on any atom is -0.548 e. The number of aryl methyl sites for hydroxylation is 1. The Labute approximate surface area is 178 Å². The zero-order chi connectivity index (χ0) is 22.4. The Kier molecular flexibility index (Phi) is 12.0. The minimum absolute atomic E-state index is 0.167. The third kappa shape index (κ3) is 10.2. The van der Waals surface area contributed by atoms with Crippen molar-refractivity contribution in [3.63, 3.8) is 0 Å². The maximum absolute atomic E-state index is 10.7. The van der Waals surface area contributed by atoms with Crippen molar-refractivity contribution in [2.45, 2.75) is 44.6 Å². The van der Waals surface area contributed by atoms with Gasteiger partial charge in [0, 0.05) is 27.6 Å². The number of quaternary nitrogens is 1. The molecule has 2 aromatic rings. The van der Waals surface area contributed by atoms with E-state index in [2.05, 4.69) is 35.3 Å². The highest BCUT2D eigenvalue weighted by atomic mass is 16.7. The van der Waals surface area contributed by atoms with Gasteiger partial charge in [0.05, 0.1) is 12.0 Å². The molecule has 0 fully saturated rings. The van der Waals surface area contributed by atoms with Gasteiger partial charge >= 0.3 is 0 Å². The summed E-state index contributed by atoms with van der Waals surface area (Å²) in [6.45, 7) is 1.28. The van der Waals surface area contributed by atoms with Gasteiger partial charge in [-0.25, -0.2) is 0 Å². The standard InChI is InChI=1S/C12H19NO2.C11H13NO3/c1-14-12(15-2)11(13)9-8-10-6-4-3-5-7-10;1-8(13)12-10(11(14)15)7-9-5-3-2-4-6-9/h3-7,11-12H,8-9,13H2,1-2H3;2-6,10H,7H2,1H3,(H,12,13)(H,14,15)/t11-;10-/m11/s1. The van der Waals surface area contributed by atoms with Gasteiger partial charge in [-0.2, -0.15) is 0 Å². The summed E-state index contributed by atoms with van der Waals surface area (Å²) in [7, 11) is 3.30. The van der Waals surface area contributed by atoms with Crippen LogP contribution in [-0.2, 0) is 31.9 Å². The topological polar surface area (TPSA) is 115 Å². The Morgan fingerprint density at radius 1 is 0.967 bits per heavy atom. The number of carboxylic acid groups (broad SMARTS) is 1. The van der Waals surface area contributed by atoms with Crippen LogP contribution in [0.25, 0.3) is 0 Å². The summed E-state index contributed by atoms with van der Waals surface area (Å²) in [6.07, 6.45) is 2.02. The second-order valence-corrected chi connectivity index (χ2v) is 6.89. The van der Waals surface area contributed by atoms with Gasteiger partial charge < -0.3 is 30.4 Å². The highest BCUT2D eigenvalue weighted by Crippen LogP contribution is 2.07. The molecule has 0 radical (unpaired) electrons. The smallest absolute Gasteiger partial charge is 0.217 e. The molecule has 4 N–H and O–H groups in total. The maximum Gasteiger partial charge on any atom is 0.217 e. The summed E-state index contributed by atoms with van der Waals surface area (Å²) < 4.78 is 10.3. The van der Waals surface area contributed by atoms with E-state index in [1.54, 1.807) is 26.4 Å². The molecule has 0 spiro atoms. The minimum atomic E-state index is -1.27. The average Bonchev–Trinajstić information content (AvgIpc) is 2.74. The van der Waals surface area contributed by atoms with Gasteiger partial charge in [0.1, 0.15) is 6.04 Å². The van der Waals surface area contributed by atoms with Crippen molar-refractivity contribution in [3.8, 4) is 0 Å². The number of carboxylic acids is 1. The quantitative estimate of drug-likeness (QED) is 0.542. The predicted octanol–water partition coefficient (Wildman–Crippen LogP) is 0.332. The second kappa shape index (κ2) is 14.3. The molecule has 0 saturated heterocycles. The van der Waals surface area contributed by atoms with Gasteiger partial charge in [-0.05, 0) is 24.0 Å². The lowest BCUT2D eigenvalue weighted by Gasteiger charge is -2.18. The Bertz CT molecular complexity index is 736. The first kappa shape index (κ1) is 25.3. The summed E-state index contributed by atoms with van der Waals surface area (Å²) in [5.74, 6) is -1.64. The van der Waals surface area contributed by atoms with E-state index in [1.807, 2.05) is 24.3 Å². The maximum atomic E-state index is 10.7. The monoisotopic (exact) mass is 416 g/mol. The largest absolute Gasteiger partial charge is 0.548 e. The van der Waals surface area contributed by atoms with E-state index in [0.717, 1.165) is 18.4 Å². The van der Waals surface area contributed by atoms with Crippen LogP contribution < -0.4 is 16.2 Å². The van der Waals surface area contributed by atoms with Crippen molar-refractivity contribution in [1.82, 2.24) is 5.32 Å². The van der Waals surface area contributed by atoms with Crippen molar-refractivity contribution < 1.29 is 29.9 Å². The van der Waals surface area contributed by atoms with E-state index < -0.39 is 12.0 Å². The van der Waals surface area contributed by atoms with E-state index >= 15 is 0 Å². The highest BCUT2D eigenvalue weighted by Gasteiger charge is 2.19. The third-order valence-corrected chi connectivity index (χ3v) is 4.44. The summed E-state index contributed by atoms with van der Waals surface area (Å²) in [5.41, 5.74) is 6.22. The number of hydrogen-bond donors (Lipinski definition) is 2. The number of carbonyl (C=O) groups is 2. The van der Waals surface area contributed by atoms with Gasteiger partial charge in [-0.15, -0.1) is 0 Å². The van der Waals surface area contributed by atoms with Crippen molar-refractivity contribution in [3.05, 3.63) is 71.8 Å². The molecule has 0 aliphatic rings. The molecule has 2 aromatic carbocycles. The van der Waals surface area contributed by atoms with Crippen molar-refractivity contribution in [2.75, 3.05) is 14.2 Å². The molecule has 0 bridgehead atoms. The number of hydrogen-bond acceptors (Lipinski definition) is 5. The molecule has 164 valence electrons. The number of methoxy groups -OCH3 is 2. The highest BCUT2D eigenvalue weighted by molar-refractivity contribution is 5.81. The second-order valence-electron chi connectivity index (χ2n) is 6.89. The summed E-state index contributed by atoms with van der Waals surface area (Å²) in [5, 5.41) is 13.0. The normalized spacial score (nSPS) is 12.4. The molecule has 7 heteroatoms. The molecule has 0 heterocycles. The van der Waals surface area contributed by atoms with E-state index in [9.17, 15) is 14.7 Å². The lowest BCUT2D eigenvalue weighted by atomic mass is 10.1. The number of rotatable bonds is 10. The number of amides is 1. The van der Waals surface area contributed by atoms with E-state index in [-0.39, 0.29) is 24.7 Å². The lowest BCUT2D eigenvalue weighted by molar-refractivity contribution is -0.460. The van der Waals surface area contributed by atoms with Crippen LogP contribution in [0, 0.1) is 0 Å². The molecule has 0 aliphatic carbocycles. The van der Waals surface area contributed by atoms with Crippen LogP contribution in [0.3, 0.4) is 0 Å². The molecular formula is C23H32N2O5. The molecule has 2 atom stereocenters. The van der Waals surface area contributed by atoms with Crippen LogP contribution in [0.4, 0.5) is 0 Å². The van der Waals surface area contributed by atoms with Gasteiger partial charge in [-0.1, -0.05) is 60.7 Å². The first-order chi connectivity index (χ1) is 14.4. The molecule has 0 saturated carbocycles. The Hall–Kier alpha value is -2.74. The SMILES string of the molecule is CC(=O)N[C@H](Cc1ccccc1)C(=O)[O-].COC(OC)[C@H]([NH3+])CCc1ccccc1. The van der Waals surface area contributed by atoms with Gasteiger partial charge in [0.15, 0.2) is 0 Å². The van der Waals surface area contributed by atoms with Gasteiger partial charge in [-0.3, -0.25) is 4.79 Å². The van der Waals surface area contributed by atoms with Crippen LogP contribution in [0.15, 0.2) is 60.7 Å². The summed E-state index contributed by atoms with van der Waals surface area (Å²) in [4.78, 5) is 21.5. The average molecular weight is 417 g/mol. The zero-order valence-corrected chi connectivity index (χ0v) is 17.9. The fourth-order valence-corrected chi connectivity index (χ4v) is 2.90. The summed E-state index contributed by atoms with van der Waals surface area (Å²) in [6, 6.07) is 18.7. The van der Waals surface area contributed by atoms with E-state index in [4.69, 9.17) is 9.47 Å². The lowest BCUT2D eigenvalue weighted by Crippen LogP contribution is -2.67. The van der Waals surface area contributed by atoms with Crippen LogP contribution in [0.5, 0.6) is 0 Å².